The highest BCUT2D eigenvalue weighted by atomic mass is 35.5. The Morgan fingerprint density at radius 3 is 2.50 bits per heavy atom. The third kappa shape index (κ3) is 2.14. The van der Waals surface area contributed by atoms with Crippen molar-refractivity contribution in [2.45, 2.75) is 6.92 Å². The average molecular weight is 271 g/mol. The second-order valence-corrected chi connectivity index (χ2v) is 5.01. The number of carbonyl (C=O) groups is 1. The summed E-state index contributed by atoms with van der Waals surface area (Å²) in [6.07, 6.45) is 0. The molecule has 2 rings (SSSR count). The molecule has 0 N–H and O–H groups in total. The molecule has 0 saturated heterocycles. The lowest BCUT2D eigenvalue weighted by Crippen LogP contribution is -2.02. The van der Waals surface area contributed by atoms with Crippen molar-refractivity contribution in [1.82, 2.24) is 0 Å². The molecule has 0 unspecified atom stereocenters. The van der Waals surface area contributed by atoms with E-state index in [0.29, 0.717) is 21.2 Å². The summed E-state index contributed by atoms with van der Waals surface area (Å²) in [5.74, 6) is -0.0552. The van der Waals surface area contributed by atoms with Crippen molar-refractivity contribution < 1.29 is 4.79 Å². The fourth-order valence-corrected chi connectivity index (χ4v) is 2.73. The van der Waals surface area contributed by atoms with Gasteiger partial charge in [-0.05, 0) is 36.1 Å². The lowest BCUT2D eigenvalue weighted by molar-refractivity contribution is 0.103. The first kappa shape index (κ1) is 11.6. The van der Waals surface area contributed by atoms with Gasteiger partial charge < -0.3 is 0 Å². The van der Waals surface area contributed by atoms with Gasteiger partial charge in [-0.3, -0.25) is 4.79 Å². The minimum absolute atomic E-state index is 0.0552. The molecule has 0 aliphatic rings. The second-order valence-electron chi connectivity index (χ2n) is 3.42. The Morgan fingerprint density at radius 1 is 1.19 bits per heavy atom. The Morgan fingerprint density at radius 2 is 1.94 bits per heavy atom. The molecule has 1 nitrogen and oxygen atoms in total. The first-order valence-corrected chi connectivity index (χ1v) is 6.32. The van der Waals surface area contributed by atoms with E-state index < -0.39 is 0 Å². The fraction of sp³-hybridized carbons (Fsp3) is 0.0833. The number of thiophene rings is 1. The molecule has 0 atom stereocenters. The van der Waals surface area contributed by atoms with E-state index in [9.17, 15) is 4.79 Å². The quantitative estimate of drug-likeness (QED) is 0.730. The van der Waals surface area contributed by atoms with Crippen molar-refractivity contribution in [2.75, 3.05) is 0 Å². The lowest BCUT2D eigenvalue weighted by Gasteiger charge is -2.03. The monoisotopic (exact) mass is 270 g/mol. The van der Waals surface area contributed by atoms with Gasteiger partial charge in [0.1, 0.15) is 0 Å². The summed E-state index contributed by atoms with van der Waals surface area (Å²) >= 11 is 13.3. The molecule has 0 spiro atoms. The van der Waals surface area contributed by atoms with Crippen molar-refractivity contribution >= 4 is 40.3 Å². The van der Waals surface area contributed by atoms with Gasteiger partial charge in [-0.15, -0.1) is 0 Å². The molecule has 0 saturated carbocycles. The van der Waals surface area contributed by atoms with Crippen LogP contribution in [0.1, 0.15) is 21.5 Å². The zero-order chi connectivity index (χ0) is 11.7. The highest BCUT2D eigenvalue weighted by molar-refractivity contribution is 7.08. The molecule has 16 heavy (non-hydrogen) atoms. The Kier molecular flexibility index (Phi) is 3.33. The lowest BCUT2D eigenvalue weighted by atomic mass is 10.0. The van der Waals surface area contributed by atoms with E-state index in [4.69, 9.17) is 23.2 Å². The Labute approximate surface area is 108 Å². The van der Waals surface area contributed by atoms with Gasteiger partial charge >= 0.3 is 0 Å². The molecular formula is C12H8Cl2OS. The molecule has 2 aromatic rings. The molecule has 0 aliphatic heterocycles. The molecule has 0 radical (unpaired) electrons. The Hall–Kier alpha value is -0.830. The first-order chi connectivity index (χ1) is 7.59. The van der Waals surface area contributed by atoms with Crippen molar-refractivity contribution in [2.24, 2.45) is 0 Å². The van der Waals surface area contributed by atoms with Crippen LogP contribution >= 0.6 is 34.5 Å². The molecular weight excluding hydrogens is 263 g/mol. The molecule has 0 fully saturated rings. The third-order valence-corrected chi connectivity index (χ3v) is 3.69. The summed E-state index contributed by atoms with van der Waals surface area (Å²) in [7, 11) is 0. The van der Waals surface area contributed by atoms with Crippen LogP contribution in [0.4, 0.5) is 0 Å². The molecule has 1 heterocycles. The molecule has 0 amide bonds. The molecule has 4 heteroatoms. The van der Waals surface area contributed by atoms with E-state index >= 15 is 0 Å². The SMILES string of the molecule is Cc1cscc1C(=O)c1ccc(Cl)cc1Cl. The van der Waals surface area contributed by atoms with E-state index in [1.54, 1.807) is 18.2 Å². The number of halogens is 2. The van der Waals surface area contributed by atoms with Crippen LogP contribution in [0.3, 0.4) is 0 Å². The summed E-state index contributed by atoms with van der Waals surface area (Å²) < 4.78 is 0. The van der Waals surface area contributed by atoms with E-state index in [0.717, 1.165) is 5.56 Å². The maximum atomic E-state index is 12.1. The zero-order valence-electron chi connectivity index (χ0n) is 8.46. The van der Waals surface area contributed by atoms with E-state index in [1.807, 2.05) is 17.7 Å². The second kappa shape index (κ2) is 4.58. The van der Waals surface area contributed by atoms with Crippen LogP contribution in [0.2, 0.25) is 10.0 Å². The number of aryl methyl sites for hydroxylation is 1. The predicted octanol–water partition coefficient (Wildman–Crippen LogP) is 4.59. The van der Waals surface area contributed by atoms with Crippen molar-refractivity contribution in [1.29, 1.82) is 0 Å². The van der Waals surface area contributed by atoms with Gasteiger partial charge in [-0.2, -0.15) is 11.3 Å². The number of benzene rings is 1. The number of ketones is 1. The average Bonchev–Trinajstić information content (AvgIpc) is 2.63. The van der Waals surface area contributed by atoms with Gasteiger partial charge in [0.25, 0.3) is 0 Å². The van der Waals surface area contributed by atoms with Gasteiger partial charge in [0, 0.05) is 21.5 Å². The number of carbonyl (C=O) groups excluding carboxylic acids is 1. The largest absolute Gasteiger partial charge is 0.289 e. The maximum Gasteiger partial charge on any atom is 0.195 e. The number of hydrogen-bond donors (Lipinski definition) is 0. The van der Waals surface area contributed by atoms with Crippen LogP contribution in [0.15, 0.2) is 29.0 Å². The maximum absolute atomic E-state index is 12.1. The van der Waals surface area contributed by atoms with E-state index in [2.05, 4.69) is 0 Å². The summed E-state index contributed by atoms with van der Waals surface area (Å²) in [6.45, 7) is 1.91. The van der Waals surface area contributed by atoms with E-state index in [-0.39, 0.29) is 5.78 Å². The van der Waals surface area contributed by atoms with Crippen molar-refractivity contribution in [3.63, 3.8) is 0 Å². The summed E-state index contributed by atoms with van der Waals surface area (Å²) in [6, 6.07) is 4.91. The van der Waals surface area contributed by atoms with Crippen molar-refractivity contribution in [3.05, 3.63) is 55.7 Å². The molecule has 0 bridgehead atoms. The Balaban J connectivity index is 2.46. The molecule has 0 aliphatic carbocycles. The third-order valence-electron chi connectivity index (χ3n) is 2.28. The summed E-state index contributed by atoms with van der Waals surface area (Å²) in [4.78, 5) is 12.1. The van der Waals surface area contributed by atoms with Gasteiger partial charge in [0.15, 0.2) is 5.78 Å². The number of rotatable bonds is 2. The normalized spacial score (nSPS) is 10.4. The summed E-state index contributed by atoms with van der Waals surface area (Å²) in [5.41, 5.74) is 2.17. The van der Waals surface area contributed by atoms with Crippen LogP contribution in [-0.4, -0.2) is 5.78 Å². The standard InChI is InChI=1S/C12H8Cl2OS/c1-7-5-16-6-10(7)12(15)9-3-2-8(13)4-11(9)14/h2-6H,1H3. The van der Waals surface area contributed by atoms with Crippen LogP contribution in [0.5, 0.6) is 0 Å². The van der Waals surface area contributed by atoms with Gasteiger partial charge in [-0.25, -0.2) is 0 Å². The van der Waals surface area contributed by atoms with Crippen LogP contribution in [0, 0.1) is 6.92 Å². The molecule has 1 aromatic carbocycles. The zero-order valence-corrected chi connectivity index (χ0v) is 10.8. The van der Waals surface area contributed by atoms with Crippen molar-refractivity contribution in [3.8, 4) is 0 Å². The van der Waals surface area contributed by atoms with Crippen LogP contribution in [0.25, 0.3) is 0 Å². The molecule has 1 aromatic heterocycles. The highest BCUT2D eigenvalue weighted by Crippen LogP contribution is 2.25. The summed E-state index contributed by atoms with van der Waals surface area (Å²) in [5, 5.41) is 4.70. The van der Waals surface area contributed by atoms with Gasteiger partial charge in [0.05, 0.1) is 5.02 Å². The highest BCUT2D eigenvalue weighted by Gasteiger charge is 2.15. The Bertz CT molecular complexity index is 546. The van der Waals surface area contributed by atoms with Gasteiger partial charge in [-0.1, -0.05) is 23.2 Å². The first-order valence-electron chi connectivity index (χ1n) is 4.62. The smallest absolute Gasteiger partial charge is 0.195 e. The van der Waals surface area contributed by atoms with Crippen LogP contribution in [-0.2, 0) is 0 Å². The minimum atomic E-state index is -0.0552. The number of hydrogen-bond acceptors (Lipinski definition) is 2. The molecule has 82 valence electrons. The van der Waals surface area contributed by atoms with Gasteiger partial charge in [0.2, 0.25) is 0 Å². The fourth-order valence-electron chi connectivity index (χ4n) is 1.41. The minimum Gasteiger partial charge on any atom is -0.289 e. The topological polar surface area (TPSA) is 17.1 Å². The van der Waals surface area contributed by atoms with E-state index in [1.165, 1.54) is 11.3 Å². The van der Waals surface area contributed by atoms with Crippen LogP contribution < -0.4 is 0 Å². The predicted molar refractivity (Wildman–Crippen MR) is 69.0 cm³/mol.